The summed E-state index contributed by atoms with van der Waals surface area (Å²) < 4.78 is 28.5. The van der Waals surface area contributed by atoms with Crippen LogP contribution in [-0.2, 0) is 10.0 Å². The van der Waals surface area contributed by atoms with Crippen LogP contribution < -0.4 is 4.72 Å². The molecule has 0 amide bonds. The monoisotopic (exact) mass is 337 g/mol. The molecular formula is C17H20ClNO2S. The van der Waals surface area contributed by atoms with E-state index < -0.39 is 10.0 Å². The van der Waals surface area contributed by atoms with E-state index in [-0.39, 0.29) is 6.04 Å². The molecule has 0 bridgehead atoms. The fourth-order valence-corrected chi connectivity index (χ4v) is 5.04. The van der Waals surface area contributed by atoms with Crippen LogP contribution in [0.5, 0.6) is 0 Å². The molecule has 0 unspecified atom stereocenters. The maximum Gasteiger partial charge on any atom is 0.241 e. The van der Waals surface area contributed by atoms with Crippen molar-refractivity contribution in [1.29, 1.82) is 0 Å². The van der Waals surface area contributed by atoms with Gasteiger partial charge in [0.25, 0.3) is 0 Å². The first kappa shape index (κ1) is 15.8. The quantitative estimate of drug-likeness (QED) is 0.905. The molecule has 22 heavy (non-hydrogen) atoms. The van der Waals surface area contributed by atoms with Crippen LogP contribution in [0.4, 0.5) is 0 Å². The first-order valence-corrected chi connectivity index (χ1v) is 9.55. The minimum atomic E-state index is -3.54. The van der Waals surface area contributed by atoms with Gasteiger partial charge in [0.1, 0.15) is 0 Å². The van der Waals surface area contributed by atoms with E-state index in [0.717, 1.165) is 24.6 Å². The summed E-state index contributed by atoms with van der Waals surface area (Å²) in [4.78, 5) is 0.310. The lowest BCUT2D eigenvalue weighted by atomic mass is 9.87. The Bertz CT molecular complexity index is 788. The third kappa shape index (κ3) is 3.00. The molecule has 0 heterocycles. The van der Waals surface area contributed by atoms with Crippen molar-refractivity contribution in [2.45, 2.75) is 43.5 Å². The van der Waals surface area contributed by atoms with Crippen LogP contribution in [0.3, 0.4) is 0 Å². The molecule has 0 radical (unpaired) electrons. The predicted octanol–water partition coefficient (Wildman–Crippen LogP) is 4.35. The Morgan fingerprint density at radius 1 is 1.05 bits per heavy atom. The van der Waals surface area contributed by atoms with Crippen molar-refractivity contribution < 1.29 is 8.42 Å². The van der Waals surface area contributed by atoms with Crippen molar-refractivity contribution in [2.75, 3.05) is 0 Å². The molecule has 3 rings (SSSR count). The smallest absolute Gasteiger partial charge is 0.208 e. The zero-order valence-electron chi connectivity index (χ0n) is 12.5. The van der Waals surface area contributed by atoms with Crippen LogP contribution in [0.1, 0.15) is 32.6 Å². The lowest BCUT2D eigenvalue weighted by molar-refractivity contribution is 0.310. The highest BCUT2D eigenvalue weighted by atomic mass is 35.5. The van der Waals surface area contributed by atoms with Gasteiger partial charge < -0.3 is 0 Å². The van der Waals surface area contributed by atoms with Gasteiger partial charge in [-0.2, -0.15) is 0 Å². The summed E-state index contributed by atoms with van der Waals surface area (Å²) in [6.07, 6.45) is 4.25. The molecule has 0 saturated heterocycles. The largest absolute Gasteiger partial charge is 0.241 e. The molecule has 1 aliphatic carbocycles. The van der Waals surface area contributed by atoms with Crippen molar-refractivity contribution in [2.24, 2.45) is 5.92 Å². The molecule has 5 heteroatoms. The van der Waals surface area contributed by atoms with Crippen molar-refractivity contribution in [3.63, 3.8) is 0 Å². The normalized spacial score (nSPS) is 22.8. The van der Waals surface area contributed by atoms with Crippen molar-refractivity contribution in [1.82, 2.24) is 4.72 Å². The average Bonchev–Trinajstić information content (AvgIpc) is 2.50. The SMILES string of the molecule is C[C@@H]1CCCC[C@@H]1NS(=O)(=O)c1ccc(Cl)c2ccccc12. The number of sulfonamides is 1. The fraction of sp³-hybridized carbons (Fsp3) is 0.412. The summed E-state index contributed by atoms with van der Waals surface area (Å²) in [5.41, 5.74) is 0. The van der Waals surface area contributed by atoms with Crippen molar-refractivity contribution in [3.05, 3.63) is 41.4 Å². The predicted molar refractivity (Wildman–Crippen MR) is 90.7 cm³/mol. The lowest BCUT2D eigenvalue weighted by Gasteiger charge is -2.29. The van der Waals surface area contributed by atoms with Crippen molar-refractivity contribution in [3.8, 4) is 0 Å². The van der Waals surface area contributed by atoms with Crippen LogP contribution in [0.25, 0.3) is 10.8 Å². The van der Waals surface area contributed by atoms with Gasteiger partial charge in [-0.1, -0.05) is 55.6 Å². The third-order valence-electron chi connectivity index (χ3n) is 4.54. The van der Waals surface area contributed by atoms with Crippen LogP contribution >= 0.6 is 11.6 Å². The van der Waals surface area contributed by atoms with Gasteiger partial charge in [-0.15, -0.1) is 0 Å². The van der Waals surface area contributed by atoms with Gasteiger partial charge >= 0.3 is 0 Å². The summed E-state index contributed by atoms with van der Waals surface area (Å²) in [6, 6.07) is 10.6. The van der Waals surface area contributed by atoms with Crippen LogP contribution in [0.2, 0.25) is 5.02 Å². The molecule has 0 aromatic heterocycles. The molecule has 0 aliphatic heterocycles. The molecule has 118 valence electrons. The maximum atomic E-state index is 12.8. The maximum absolute atomic E-state index is 12.8. The molecule has 3 nitrogen and oxygen atoms in total. The molecule has 0 spiro atoms. The summed E-state index contributed by atoms with van der Waals surface area (Å²) in [5, 5.41) is 2.01. The average molecular weight is 338 g/mol. The Morgan fingerprint density at radius 3 is 2.45 bits per heavy atom. The zero-order valence-corrected chi connectivity index (χ0v) is 14.1. The van der Waals surface area contributed by atoms with E-state index in [0.29, 0.717) is 21.2 Å². The minimum absolute atomic E-state index is 0.0215. The van der Waals surface area contributed by atoms with E-state index in [1.807, 2.05) is 18.2 Å². The Hall–Kier alpha value is -1.10. The van der Waals surface area contributed by atoms with E-state index in [1.165, 1.54) is 6.42 Å². The van der Waals surface area contributed by atoms with Gasteiger partial charge in [-0.25, -0.2) is 13.1 Å². The number of hydrogen-bond acceptors (Lipinski definition) is 2. The highest BCUT2D eigenvalue weighted by Crippen LogP contribution is 2.30. The van der Waals surface area contributed by atoms with Crippen LogP contribution in [-0.4, -0.2) is 14.5 Å². The van der Waals surface area contributed by atoms with E-state index >= 15 is 0 Å². The topological polar surface area (TPSA) is 46.2 Å². The van der Waals surface area contributed by atoms with E-state index in [1.54, 1.807) is 18.2 Å². The fourth-order valence-electron chi connectivity index (χ4n) is 3.22. The summed E-state index contributed by atoms with van der Waals surface area (Å²) >= 11 is 6.18. The molecule has 1 aliphatic rings. The van der Waals surface area contributed by atoms with Crippen LogP contribution in [0, 0.1) is 5.92 Å². The summed E-state index contributed by atoms with van der Waals surface area (Å²) in [7, 11) is -3.54. The second-order valence-electron chi connectivity index (χ2n) is 6.08. The number of nitrogens with one attached hydrogen (secondary N) is 1. The van der Waals surface area contributed by atoms with Gasteiger partial charge in [0.15, 0.2) is 0 Å². The molecule has 1 N–H and O–H groups in total. The number of fused-ring (bicyclic) bond motifs is 1. The lowest BCUT2D eigenvalue weighted by Crippen LogP contribution is -2.41. The first-order valence-electron chi connectivity index (χ1n) is 7.68. The van der Waals surface area contributed by atoms with Gasteiger partial charge in [0.05, 0.1) is 4.90 Å². The molecule has 2 aromatic carbocycles. The molecule has 2 atom stereocenters. The summed E-state index contributed by atoms with van der Waals surface area (Å²) in [5.74, 6) is 0.377. The molecule has 1 fully saturated rings. The molecule has 2 aromatic rings. The first-order chi connectivity index (χ1) is 10.5. The van der Waals surface area contributed by atoms with Gasteiger partial charge in [-0.05, 0) is 30.9 Å². The third-order valence-corrected chi connectivity index (χ3v) is 6.42. The number of hydrogen-bond donors (Lipinski definition) is 1. The van der Waals surface area contributed by atoms with E-state index in [9.17, 15) is 8.42 Å². The van der Waals surface area contributed by atoms with E-state index in [4.69, 9.17) is 11.6 Å². The standard InChI is InChI=1S/C17H20ClNO2S/c1-12-6-2-5-9-16(12)19-22(20,21)17-11-10-15(18)13-7-3-4-8-14(13)17/h3-4,7-8,10-12,16,19H,2,5-6,9H2,1H3/t12-,16+/m1/s1. The Kier molecular flexibility index (Phi) is 4.44. The second kappa shape index (κ2) is 6.19. The highest BCUT2D eigenvalue weighted by molar-refractivity contribution is 7.89. The van der Waals surface area contributed by atoms with Gasteiger partial charge in [0.2, 0.25) is 10.0 Å². The zero-order chi connectivity index (χ0) is 15.7. The summed E-state index contributed by atoms with van der Waals surface area (Å²) in [6.45, 7) is 2.12. The Balaban J connectivity index is 2.01. The number of rotatable bonds is 3. The van der Waals surface area contributed by atoms with Crippen molar-refractivity contribution >= 4 is 32.4 Å². The Morgan fingerprint density at radius 2 is 1.73 bits per heavy atom. The van der Waals surface area contributed by atoms with Gasteiger partial charge in [-0.3, -0.25) is 0 Å². The number of benzene rings is 2. The van der Waals surface area contributed by atoms with E-state index in [2.05, 4.69) is 11.6 Å². The molecular weight excluding hydrogens is 318 g/mol. The van der Waals surface area contributed by atoms with Crippen LogP contribution in [0.15, 0.2) is 41.3 Å². The Labute approximate surface area is 136 Å². The van der Waals surface area contributed by atoms with Gasteiger partial charge in [0, 0.05) is 21.8 Å². The minimum Gasteiger partial charge on any atom is -0.208 e. The number of halogens is 1. The second-order valence-corrected chi connectivity index (χ2v) is 8.17. The highest BCUT2D eigenvalue weighted by Gasteiger charge is 2.27. The molecule has 1 saturated carbocycles.